The molecule has 76 valence electrons. The van der Waals surface area contributed by atoms with Crippen LogP contribution < -0.4 is 5.73 Å². The van der Waals surface area contributed by atoms with Gasteiger partial charge in [-0.15, -0.1) is 0 Å². The highest BCUT2D eigenvalue weighted by molar-refractivity contribution is 5.69. The summed E-state index contributed by atoms with van der Waals surface area (Å²) in [5, 5.41) is 26.3. The monoisotopic (exact) mass is 193 g/mol. The van der Waals surface area contributed by atoms with Crippen molar-refractivity contribution in [2.45, 2.75) is 18.3 Å². The molecule has 7 nitrogen and oxygen atoms in total. The zero-order valence-electron chi connectivity index (χ0n) is 6.66. The van der Waals surface area contributed by atoms with E-state index in [9.17, 15) is 9.59 Å². The number of aliphatic hydroxyl groups excluding tert-OH is 3. The van der Waals surface area contributed by atoms with E-state index in [0.717, 1.165) is 0 Å². The molecule has 0 fully saturated rings. The summed E-state index contributed by atoms with van der Waals surface area (Å²) in [6.07, 6.45) is -5.96. The number of ether oxygens (including phenoxy) is 1. The maximum atomic E-state index is 10.2. The number of amides is 1. The van der Waals surface area contributed by atoms with E-state index < -0.39 is 31.0 Å². The number of primary amides is 1. The second-order valence-electron chi connectivity index (χ2n) is 2.28. The van der Waals surface area contributed by atoms with E-state index in [1.165, 1.54) is 0 Å². The van der Waals surface area contributed by atoms with Gasteiger partial charge in [-0.3, -0.25) is 4.79 Å². The number of aldehydes is 1. The number of carbonyl (C=O) groups is 2. The van der Waals surface area contributed by atoms with Crippen LogP contribution in [-0.4, -0.2) is 52.6 Å². The third-order valence-corrected chi connectivity index (χ3v) is 1.30. The Morgan fingerprint density at radius 1 is 1.54 bits per heavy atom. The van der Waals surface area contributed by atoms with Crippen LogP contribution in [0.15, 0.2) is 0 Å². The molecule has 7 heteroatoms. The average molecular weight is 193 g/mol. The Bertz CT molecular complexity index is 184. The van der Waals surface area contributed by atoms with Gasteiger partial charge in [0.05, 0.1) is 6.61 Å². The minimum Gasteiger partial charge on any atom is -0.436 e. The Hall–Kier alpha value is -1.18. The first-order valence-corrected chi connectivity index (χ1v) is 3.41. The summed E-state index contributed by atoms with van der Waals surface area (Å²) in [4.78, 5) is 20.4. The van der Waals surface area contributed by atoms with Gasteiger partial charge in [-0.05, 0) is 0 Å². The molecule has 0 aromatic heterocycles. The maximum absolute atomic E-state index is 10.2. The standard InChI is InChI=1S/C6H11NO6/c7-6(12)13-4(2-9)5(11)3(10)1-8/h2-5,8,10-11H,1H2,(H2,7,12)/t3-,4+,5+/m1/s1. The molecule has 0 unspecified atom stereocenters. The van der Waals surface area contributed by atoms with Crippen molar-refractivity contribution in [3.05, 3.63) is 0 Å². The Morgan fingerprint density at radius 3 is 2.38 bits per heavy atom. The van der Waals surface area contributed by atoms with Crippen molar-refractivity contribution in [2.24, 2.45) is 5.73 Å². The van der Waals surface area contributed by atoms with Crippen LogP contribution in [0.2, 0.25) is 0 Å². The van der Waals surface area contributed by atoms with Crippen molar-refractivity contribution in [2.75, 3.05) is 6.61 Å². The molecule has 0 spiro atoms. The summed E-state index contributed by atoms with van der Waals surface area (Å²) in [6, 6.07) is 0. The molecule has 3 atom stereocenters. The lowest BCUT2D eigenvalue weighted by Gasteiger charge is -2.20. The summed E-state index contributed by atoms with van der Waals surface area (Å²) >= 11 is 0. The molecule has 0 radical (unpaired) electrons. The van der Waals surface area contributed by atoms with E-state index in [-0.39, 0.29) is 6.29 Å². The van der Waals surface area contributed by atoms with Gasteiger partial charge in [0.2, 0.25) is 0 Å². The molecule has 0 rings (SSSR count). The van der Waals surface area contributed by atoms with E-state index in [0.29, 0.717) is 0 Å². The first-order valence-electron chi connectivity index (χ1n) is 3.41. The zero-order chi connectivity index (χ0) is 10.4. The predicted molar refractivity (Wildman–Crippen MR) is 39.6 cm³/mol. The molecule has 13 heavy (non-hydrogen) atoms. The molecule has 5 N–H and O–H groups in total. The SMILES string of the molecule is NC(=O)O[C@@H](C=O)[C@@H](O)[C@H](O)CO. The number of rotatable bonds is 5. The molecule has 1 amide bonds. The number of carbonyl (C=O) groups excluding carboxylic acids is 2. The van der Waals surface area contributed by atoms with Gasteiger partial charge in [-0.2, -0.15) is 0 Å². The van der Waals surface area contributed by atoms with Crippen molar-refractivity contribution in [1.82, 2.24) is 0 Å². The van der Waals surface area contributed by atoms with Crippen LogP contribution in [0.1, 0.15) is 0 Å². The Kier molecular flexibility index (Phi) is 4.97. The fraction of sp³-hybridized carbons (Fsp3) is 0.667. The maximum Gasteiger partial charge on any atom is 0.405 e. The lowest BCUT2D eigenvalue weighted by Crippen LogP contribution is -2.43. The number of aliphatic hydroxyl groups is 3. The van der Waals surface area contributed by atoms with Crippen LogP contribution in [0.25, 0.3) is 0 Å². The van der Waals surface area contributed by atoms with Gasteiger partial charge in [-0.25, -0.2) is 4.79 Å². The third kappa shape index (κ3) is 3.83. The highest BCUT2D eigenvalue weighted by atomic mass is 16.6. The second-order valence-corrected chi connectivity index (χ2v) is 2.28. The molecule has 0 aromatic rings. The normalized spacial score (nSPS) is 17.2. The van der Waals surface area contributed by atoms with E-state index in [2.05, 4.69) is 10.5 Å². The van der Waals surface area contributed by atoms with Crippen LogP contribution in [0, 0.1) is 0 Å². The van der Waals surface area contributed by atoms with Gasteiger partial charge < -0.3 is 25.8 Å². The molecule has 0 aliphatic carbocycles. The van der Waals surface area contributed by atoms with Gasteiger partial charge in [-0.1, -0.05) is 0 Å². The average Bonchev–Trinajstić information content (AvgIpc) is 2.11. The Labute approximate surface area is 73.7 Å². The van der Waals surface area contributed by atoms with Crippen LogP contribution >= 0.6 is 0 Å². The summed E-state index contributed by atoms with van der Waals surface area (Å²) in [7, 11) is 0. The van der Waals surface area contributed by atoms with Crippen molar-refractivity contribution in [3.63, 3.8) is 0 Å². The summed E-state index contributed by atoms with van der Waals surface area (Å²) in [6.45, 7) is -0.756. The molecule has 0 saturated heterocycles. The topological polar surface area (TPSA) is 130 Å². The van der Waals surface area contributed by atoms with E-state index in [4.69, 9.17) is 15.3 Å². The zero-order valence-corrected chi connectivity index (χ0v) is 6.66. The number of nitrogens with two attached hydrogens (primary N) is 1. The predicted octanol–water partition coefficient (Wildman–Crippen LogP) is -2.64. The van der Waals surface area contributed by atoms with Gasteiger partial charge >= 0.3 is 6.09 Å². The molecule has 0 aliphatic rings. The number of hydrogen-bond donors (Lipinski definition) is 4. The van der Waals surface area contributed by atoms with Crippen molar-refractivity contribution >= 4 is 12.4 Å². The lowest BCUT2D eigenvalue weighted by molar-refractivity contribution is -0.128. The molecular formula is C6H11NO6. The molecular weight excluding hydrogens is 182 g/mol. The minimum absolute atomic E-state index is 0.105. The highest BCUT2D eigenvalue weighted by Crippen LogP contribution is 2.02. The minimum atomic E-state index is -1.69. The van der Waals surface area contributed by atoms with Gasteiger partial charge in [0, 0.05) is 0 Å². The molecule has 0 heterocycles. The van der Waals surface area contributed by atoms with E-state index in [1.807, 2.05) is 0 Å². The van der Waals surface area contributed by atoms with Crippen molar-refractivity contribution in [3.8, 4) is 0 Å². The summed E-state index contributed by atoms with van der Waals surface area (Å²) < 4.78 is 4.13. The highest BCUT2D eigenvalue weighted by Gasteiger charge is 2.28. The van der Waals surface area contributed by atoms with Crippen molar-refractivity contribution < 1.29 is 29.6 Å². The molecule has 0 saturated carbocycles. The first-order chi connectivity index (χ1) is 6.02. The Balaban J connectivity index is 4.21. The molecule has 0 bridgehead atoms. The van der Waals surface area contributed by atoms with Crippen LogP contribution in [0.5, 0.6) is 0 Å². The third-order valence-electron chi connectivity index (χ3n) is 1.30. The van der Waals surface area contributed by atoms with E-state index >= 15 is 0 Å². The lowest BCUT2D eigenvalue weighted by atomic mass is 10.1. The molecule has 0 aliphatic heterocycles. The second kappa shape index (κ2) is 5.46. The van der Waals surface area contributed by atoms with Gasteiger partial charge in [0.15, 0.2) is 12.4 Å². The summed E-state index contributed by atoms with van der Waals surface area (Å²) in [5.41, 5.74) is 4.57. The fourth-order valence-corrected chi connectivity index (χ4v) is 0.639. The van der Waals surface area contributed by atoms with Gasteiger partial charge in [0.25, 0.3) is 0 Å². The van der Waals surface area contributed by atoms with Gasteiger partial charge in [0.1, 0.15) is 12.2 Å². The molecule has 0 aromatic carbocycles. The quantitative estimate of drug-likeness (QED) is 0.353. The fourth-order valence-electron chi connectivity index (χ4n) is 0.639. The van der Waals surface area contributed by atoms with Crippen LogP contribution in [0.4, 0.5) is 4.79 Å². The van der Waals surface area contributed by atoms with Crippen LogP contribution in [-0.2, 0) is 9.53 Å². The van der Waals surface area contributed by atoms with E-state index in [1.54, 1.807) is 0 Å². The smallest absolute Gasteiger partial charge is 0.405 e. The summed E-state index contributed by atoms with van der Waals surface area (Å²) in [5.74, 6) is 0. The van der Waals surface area contributed by atoms with Crippen molar-refractivity contribution in [1.29, 1.82) is 0 Å². The Morgan fingerprint density at radius 2 is 2.08 bits per heavy atom. The largest absolute Gasteiger partial charge is 0.436 e. The van der Waals surface area contributed by atoms with Crippen LogP contribution in [0.3, 0.4) is 0 Å². The first kappa shape index (κ1) is 11.8. The number of hydrogen-bond acceptors (Lipinski definition) is 6.